The number of nitrogens with one attached hydrogen (secondary N) is 1. The summed E-state index contributed by atoms with van der Waals surface area (Å²) < 4.78 is 29.0. The molecule has 3 N–H and O–H groups in total. The molecule has 1 aromatic heterocycles. The number of rotatable bonds is 5. The number of carbonyl (C=O) groups excluding carboxylic acids is 2. The second-order valence-corrected chi connectivity index (χ2v) is 8.27. The standard InChI is InChI=1S/C23H24ClFN5O5/c1-12-9-19(34-15-6-3-13(4-7-15)22(32)33-2)28-11-18(12)30-21(31)20(26)35-23(27)29-14-5-8-16(24)17(25)10-14/h5,8-11,13,15H,3-4,6-7H2,1-2H3,(H2,27,29)(H,30,31)/q-1. The van der Waals surface area contributed by atoms with Crippen molar-refractivity contribution in [2.75, 3.05) is 12.4 Å². The molecule has 1 saturated carbocycles. The topological polar surface area (TPSA) is 147 Å². The van der Waals surface area contributed by atoms with Crippen molar-refractivity contribution in [2.24, 2.45) is 16.6 Å². The molecule has 0 spiro atoms. The molecule has 10 nitrogen and oxygen atoms in total. The van der Waals surface area contributed by atoms with Crippen LogP contribution < -0.4 is 15.8 Å². The van der Waals surface area contributed by atoms with Crippen molar-refractivity contribution < 1.29 is 28.2 Å². The van der Waals surface area contributed by atoms with Crippen molar-refractivity contribution in [1.82, 2.24) is 4.98 Å². The minimum Gasteiger partial charge on any atom is -0.766 e. The van der Waals surface area contributed by atoms with E-state index in [1.807, 2.05) is 0 Å². The molecule has 0 saturated heterocycles. The van der Waals surface area contributed by atoms with Gasteiger partial charge < -0.3 is 30.7 Å². The fourth-order valence-electron chi connectivity index (χ4n) is 3.51. The Morgan fingerprint density at radius 2 is 1.97 bits per heavy atom. The third-order valence-corrected chi connectivity index (χ3v) is 5.67. The second-order valence-electron chi connectivity index (χ2n) is 7.86. The molecule has 2 aromatic rings. The van der Waals surface area contributed by atoms with Crippen LogP contribution >= 0.6 is 11.6 Å². The van der Waals surface area contributed by atoms with Crippen molar-refractivity contribution in [3.8, 4) is 5.88 Å². The molecule has 0 atom stereocenters. The van der Waals surface area contributed by atoms with Gasteiger partial charge in [0.15, 0.2) is 0 Å². The third-order valence-electron chi connectivity index (χ3n) is 5.37. The molecule has 0 aliphatic heterocycles. The van der Waals surface area contributed by atoms with E-state index in [1.54, 1.807) is 13.0 Å². The number of amidine groups is 1. The first-order chi connectivity index (χ1) is 16.7. The van der Waals surface area contributed by atoms with Crippen LogP contribution in [0, 0.1) is 18.7 Å². The van der Waals surface area contributed by atoms with Crippen molar-refractivity contribution in [3.05, 3.63) is 52.3 Å². The van der Waals surface area contributed by atoms with Crippen LogP contribution in [0.1, 0.15) is 31.2 Å². The summed E-state index contributed by atoms with van der Waals surface area (Å²) in [6.07, 6.45) is 4.06. The molecule has 0 radical (unpaired) electrons. The number of methoxy groups -OCH3 is 1. The van der Waals surface area contributed by atoms with Crippen molar-refractivity contribution in [1.29, 1.82) is 0 Å². The van der Waals surface area contributed by atoms with Gasteiger partial charge in [0.2, 0.25) is 5.88 Å². The number of benzene rings is 1. The number of hydrogen-bond acceptors (Lipinski definition) is 7. The molecule has 1 fully saturated rings. The fraction of sp³-hybridized carbons (Fsp3) is 0.348. The highest BCUT2D eigenvalue weighted by atomic mass is 35.5. The molecular weight excluding hydrogens is 481 g/mol. The summed E-state index contributed by atoms with van der Waals surface area (Å²) in [5, 5.41) is 12.3. The van der Waals surface area contributed by atoms with Crippen LogP contribution in [-0.2, 0) is 19.1 Å². The molecule has 3 rings (SSSR count). The smallest absolute Gasteiger partial charge is 0.308 e. The zero-order valence-electron chi connectivity index (χ0n) is 19.1. The van der Waals surface area contributed by atoms with E-state index in [0.717, 1.165) is 6.07 Å². The SMILES string of the molecule is COC(=O)C1CCC(Oc2cc(C)c(NC(=O)C(=[N-])OC(N)=Nc3ccc(Cl)c(F)c3)cn2)CC1. The minimum atomic E-state index is -1.07. The zero-order chi connectivity index (χ0) is 25.5. The average molecular weight is 505 g/mol. The number of anilines is 1. The second kappa shape index (κ2) is 11.6. The Hall–Kier alpha value is -3.73. The van der Waals surface area contributed by atoms with Gasteiger partial charge in [-0.1, -0.05) is 11.6 Å². The number of aromatic nitrogens is 1. The Bertz CT molecular complexity index is 1150. The van der Waals surface area contributed by atoms with E-state index in [2.05, 4.69) is 15.3 Å². The molecule has 35 heavy (non-hydrogen) atoms. The number of amides is 1. The van der Waals surface area contributed by atoms with Crippen LogP contribution in [0.2, 0.25) is 5.02 Å². The summed E-state index contributed by atoms with van der Waals surface area (Å²) in [7, 11) is 1.38. The number of esters is 1. The Morgan fingerprint density at radius 1 is 1.26 bits per heavy atom. The Kier molecular flexibility index (Phi) is 8.58. The Morgan fingerprint density at radius 3 is 2.60 bits per heavy atom. The van der Waals surface area contributed by atoms with Gasteiger partial charge in [0.05, 0.1) is 41.5 Å². The summed E-state index contributed by atoms with van der Waals surface area (Å²) in [5.41, 5.74) is 6.56. The van der Waals surface area contributed by atoms with Crippen molar-refractivity contribution >= 4 is 46.8 Å². The number of halogens is 2. The van der Waals surface area contributed by atoms with E-state index in [0.29, 0.717) is 42.8 Å². The molecule has 1 aromatic carbocycles. The van der Waals surface area contributed by atoms with Gasteiger partial charge in [-0.25, -0.2) is 9.37 Å². The van der Waals surface area contributed by atoms with E-state index in [1.165, 1.54) is 25.4 Å². The van der Waals surface area contributed by atoms with E-state index in [4.69, 9.17) is 31.5 Å². The lowest BCUT2D eigenvalue weighted by molar-refractivity contribution is -0.147. The lowest BCUT2D eigenvalue weighted by Gasteiger charge is -2.27. The predicted molar refractivity (Wildman–Crippen MR) is 128 cm³/mol. The van der Waals surface area contributed by atoms with Gasteiger partial charge in [-0.05, 0) is 50.3 Å². The number of ether oxygens (including phenoxy) is 3. The van der Waals surface area contributed by atoms with Crippen LogP contribution in [0.25, 0.3) is 5.41 Å². The Labute approximate surface area is 206 Å². The maximum absolute atomic E-state index is 13.5. The van der Waals surface area contributed by atoms with E-state index in [-0.39, 0.29) is 28.7 Å². The first-order valence-electron chi connectivity index (χ1n) is 10.7. The maximum atomic E-state index is 13.5. The number of carbonyl (C=O) groups is 2. The van der Waals surface area contributed by atoms with Crippen molar-refractivity contribution in [3.63, 3.8) is 0 Å². The zero-order valence-corrected chi connectivity index (χ0v) is 19.8. The number of nitrogens with two attached hydrogens (primary N) is 1. The summed E-state index contributed by atoms with van der Waals surface area (Å²) in [6, 6.07) is 4.72. The summed E-state index contributed by atoms with van der Waals surface area (Å²) in [6.45, 7) is 1.72. The highest BCUT2D eigenvalue weighted by molar-refractivity contribution is 6.42. The molecule has 1 heterocycles. The van der Waals surface area contributed by atoms with E-state index >= 15 is 0 Å². The Balaban J connectivity index is 1.53. The number of nitrogens with zero attached hydrogens (tertiary/aromatic N) is 3. The third kappa shape index (κ3) is 7.12. The predicted octanol–water partition coefficient (Wildman–Crippen LogP) is 3.86. The minimum absolute atomic E-state index is 0.0759. The normalized spacial score (nSPS) is 17.9. The number of aliphatic imine (C=N–C) groups is 1. The lowest BCUT2D eigenvalue weighted by Crippen LogP contribution is -2.30. The quantitative estimate of drug-likeness (QED) is 0.357. The maximum Gasteiger partial charge on any atom is 0.308 e. The molecular formula is C23H24ClFN5O5-. The van der Waals surface area contributed by atoms with Crippen LogP contribution in [0.5, 0.6) is 5.88 Å². The lowest BCUT2D eigenvalue weighted by atomic mass is 9.87. The van der Waals surface area contributed by atoms with Gasteiger partial charge in [-0.3, -0.25) is 9.59 Å². The van der Waals surface area contributed by atoms with Crippen LogP contribution in [0.15, 0.2) is 35.5 Å². The summed E-state index contributed by atoms with van der Waals surface area (Å²) in [4.78, 5) is 31.8. The fourth-order valence-corrected chi connectivity index (χ4v) is 3.62. The van der Waals surface area contributed by atoms with Gasteiger partial charge >= 0.3 is 5.97 Å². The highest BCUT2D eigenvalue weighted by Gasteiger charge is 2.28. The first kappa shape index (κ1) is 25.9. The van der Waals surface area contributed by atoms with Gasteiger partial charge in [0, 0.05) is 12.1 Å². The first-order valence-corrected chi connectivity index (χ1v) is 11.1. The average Bonchev–Trinajstić information content (AvgIpc) is 2.83. The molecule has 0 unspecified atom stereocenters. The van der Waals surface area contributed by atoms with Crippen LogP contribution in [0.3, 0.4) is 0 Å². The molecule has 1 aliphatic carbocycles. The van der Waals surface area contributed by atoms with Crippen LogP contribution in [0.4, 0.5) is 15.8 Å². The molecule has 186 valence electrons. The number of pyridine rings is 1. The van der Waals surface area contributed by atoms with E-state index in [9.17, 15) is 19.4 Å². The van der Waals surface area contributed by atoms with E-state index < -0.39 is 23.6 Å². The molecule has 1 amide bonds. The monoisotopic (exact) mass is 504 g/mol. The largest absolute Gasteiger partial charge is 0.766 e. The van der Waals surface area contributed by atoms with Gasteiger partial charge in [-0.15, -0.1) is 0 Å². The highest BCUT2D eigenvalue weighted by Crippen LogP contribution is 2.29. The molecule has 0 bridgehead atoms. The number of hydrogen-bond donors (Lipinski definition) is 2. The van der Waals surface area contributed by atoms with Gasteiger partial charge in [-0.2, -0.15) is 4.99 Å². The molecule has 1 aliphatic rings. The summed E-state index contributed by atoms with van der Waals surface area (Å²) >= 11 is 5.60. The van der Waals surface area contributed by atoms with Crippen molar-refractivity contribution in [2.45, 2.75) is 38.7 Å². The van der Waals surface area contributed by atoms with Gasteiger partial charge in [0.1, 0.15) is 11.9 Å². The molecule has 12 heteroatoms. The summed E-state index contributed by atoms with van der Waals surface area (Å²) in [5.74, 6) is -2.71. The number of aryl methyl sites for hydroxylation is 1. The van der Waals surface area contributed by atoms with Crippen LogP contribution in [-0.4, -0.2) is 42.0 Å². The van der Waals surface area contributed by atoms with Gasteiger partial charge in [0.25, 0.3) is 11.9 Å².